The smallest absolute Gasteiger partial charge is 0.270 e. The largest absolute Gasteiger partial charge is 0.403 e. The highest BCUT2D eigenvalue weighted by atomic mass is 16.2. The Morgan fingerprint density at radius 1 is 1.30 bits per heavy atom. The van der Waals surface area contributed by atoms with Gasteiger partial charge < -0.3 is 27.0 Å². The summed E-state index contributed by atoms with van der Waals surface area (Å²) in [5, 5.41) is 13.0. The minimum absolute atomic E-state index is 0.164. The molecule has 1 saturated heterocycles. The lowest BCUT2D eigenvalue weighted by Crippen LogP contribution is -2.52. The van der Waals surface area contributed by atoms with Crippen molar-refractivity contribution in [2.45, 2.75) is 58.0 Å². The second-order valence-corrected chi connectivity index (χ2v) is 8.87. The number of nitrogens with two attached hydrogens (primary N) is 1. The van der Waals surface area contributed by atoms with Crippen LogP contribution in [0.2, 0.25) is 0 Å². The maximum absolute atomic E-state index is 13.0. The molecule has 1 aliphatic carbocycles. The molecule has 0 bridgehead atoms. The van der Waals surface area contributed by atoms with Crippen molar-refractivity contribution in [3.8, 4) is 0 Å². The highest BCUT2D eigenvalue weighted by Crippen LogP contribution is 2.40. The molecule has 0 radical (unpaired) electrons. The molecule has 2 fully saturated rings. The van der Waals surface area contributed by atoms with Gasteiger partial charge >= 0.3 is 0 Å². The van der Waals surface area contributed by atoms with E-state index in [-0.39, 0.29) is 5.91 Å². The molecule has 0 atom stereocenters. The third kappa shape index (κ3) is 4.40. The van der Waals surface area contributed by atoms with Gasteiger partial charge in [-0.2, -0.15) is 0 Å². The molecule has 176 valence electrons. The number of carbonyl (C=O) groups is 2. The minimum atomic E-state index is -0.570. The topological polar surface area (TPSA) is 124 Å². The molecule has 1 spiro atoms. The minimum Gasteiger partial charge on any atom is -0.403 e. The van der Waals surface area contributed by atoms with E-state index in [1.807, 2.05) is 26.1 Å². The van der Waals surface area contributed by atoms with Crippen LogP contribution in [0.5, 0.6) is 0 Å². The quantitative estimate of drug-likeness (QED) is 0.245. The Labute approximate surface area is 194 Å². The molecule has 6 N–H and O–H groups in total. The van der Waals surface area contributed by atoms with E-state index < -0.39 is 5.66 Å². The van der Waals surface area contributed by atoms with Crippen molar-refractivity contribution in [3.05, 3.63) is 52.8 Å². The molecule has 33 heavy (non-hydrogen) atoms. The molecule has 1 aromatic rings. The number of nitrogens with zero attached hydrogens (tertiary/aromatic N) is 2. The van der Waals surface area contributed by atoms with Gasteiger partial charge in [0.25, 0.3) is 5.91 Å². The van der Waals surface area contributed by atoms with Gasteiger partial charge in [-0.05, 0) is 56.2 Å². The van der Waals surface area contributed by atoms with Crippen molar-refractivity contribution >= 4 is 23.8 Å². The summed E-state index contributed by atoms with van der Waals surface area (Å²) in [5.41, 5.74) is 10.1. The second-order valence-electron chi connectivity index (χ2n) is 8.87. The van der Waals surface area contributed by atoms with E-state index in [0.717, 1.165) is 79.0 Å². The number of anilines is 2. The summed E-state index contributed by atoms with van der Waals surface area (Å²) >= 11 is 0. The Morgan fingerprint density at radius 3 is 2.82 bits per heavy atom. The van der Waals surface area contributed by atoms with E-state index in [0.29, 0.717) is 18.7 Å². The molecule has 9 heteroatoms. The van der Waals surface area contributed by atoms with E-state index >= 15 is 0 Å². The number of pyridine rings is 1. The first kappa shape index (κ1) is 22.7. The van der Waals surface area contributed by atoms with E-state index in [4.69, 9.17) is 5.73 Å². The lowest BCUT2D eigenvalue weighted by atomic mass is 9.88. The number of hydrogen-bond donors (Lipinski definition) is 5. The fourth-order valence-corrected chi connectivity index (χ4v) is 5.07. The summed E-state index contributed by atoms with van der Waals surface area (Å²) in [7, 11) is 0. The Morgan fingerprint density at radius 2 is 2.09 bits per heavy atom. The van der Waals surface area contributed by atoms with Crippen molar-refractivity contribution in [1.82, 2.24) is 20.5 Å². The summed E-state index contributed by atoms with van der Waals surface area (Å²) in [4.78, 5) is 31.3. The molecule has 1 aromatic heterocycles. The van der Waals surface area contributed by atoms with Gasteiger partial charge in [0.2, 0.25) is 6.41 Å². The first-order valence-electron chi connectivity index (χ1n) is 11.6. The number of rotatable bonds is 7. The summed E-state index contributed by atoms with van der Waals surface area (Å²) in [6.45, 7) is 5.38. The number of allylic oxidation sites excluding steroid dienone is 3. The van der Waals surface area contributed by atoms with Crippen LogP contribution in [0.25, 0.3) is 0 Å². The first-order valence-corrected chi connectivity index (χ1v) is 11.6. The maximum atomic E-state index is 13.0. The Hall–Kier alpha value is -3.49. The summed E-state index contributed by atoms with van der Waals surface area (Å²) in [6, 6.07) is 1.99. The molecule has 0 unspecified atom stereocenters. The van der Waals surface area contributed by atoms with E-state index in [9.17, 15) is 9.59 Å². The molecule has 1 saturated carbocycles. The summed E-state index contributed by atoms with van der Waals surface area (Å²) in [6.07, 6.45) is 11.2. The highest BCUT2D eigenvalue weighted by molar-refractivity contribution is 6.00. The zero-order valence-electron chi connectivity index (χ0n) is 19.3. The monoisotopic (exact) mass is 451 g/mol. The fourth-order valence-electron chi connectivity index (χ4n) is 5.07. The first-order chi connectivity index (χ1) is 16.0. The highest BCUT2D eigenvalue weighted by Gasteiger charge is 2.49. The van der Waals surface area contributed by atoms with Crippen molar-refractivity contribution in [2.75, 3.05) is 23.7 Å². The Kier molecular flexibility index (Phi) is 6.57. The molecule has 2 aliphatic heterocycles. The summed E-state index contributed by atoms with van der Waals surface area (Å²) < 4.78 is 0. The third-order valence-electron chi connectivity index (χ3n) is 6.78. The SMILES string of the molecule is CC1=C(/C(C)=C2/C(=O)NC3(CCCCC3)N2C=O)Cc2cnc(NCCN/C=C\N)cc2N1. The van der Waals surface area contributed by atoms with Gasteiger partial charge in [0.15, 0.2) is 0 Å². The van der Waals surface area contributed by atoms with Crippen molar-refractivity contribution in [1.29, 1.82) is 0 Å². The van der Waals surface area contributed by atoms with Crippen LogP contribution < -0.4 is 27.0 Å². The second kappa shape index (κ2) is 9.56. The predicted octanol–water partition coefficient (Wildman–Crippen LogP) is 2.28. The van der Waals surface area contributed by atoms with Gasteiger partial charge in [-0.25, -0.2) is 4.98 Å². The van der Waals surface area contributed by atoms with Gasteiger partial charge in [-0.3, -0.25) is 14.5 Å². The number of hydrogen-bond acceptors (Lipinski definition) is 7. The van der Waals surface area contributed by atoms with E-state index in [1.54, 1.807) is 11.1 Å². The lowest BCUT2D eigenvalue weighted by Gasteiger charge is -2.38. The molecule has 4 rings (SSSR count). The van der Waals surface area contributed by atoms with Crippen LogP contribution in [0.4, 0.5) is 11.5 Å². The lowest BCUT2D eigenvalue weighted by molar-refractivity contribution is -0.121. The molecular formula is C24H33N7O2. The predicted molar refractivity (Wildman–Crippen MR) is 129 cm³/mol. The van der Waals surface area contributed by atoms with Crippen molar-refractivity contribution in [3.63, 3.8) is 0 Å². The van der Waals surface area contributed by atoms with Crippen LogP contribution in [-0.2, 0) is 16.0 Å². The number of fused-ring (bicyclic) bond motifs is 1. The van der Waals surface area contributed by atoms with Crippen LogP contribution in [0.15, 0.2) is 47.2 Å². The average Bonchev–Trinajstić information content (AvgIpc) is 3.08. The van der Waals surface area contributed by atoms with Crippen LogP contribution in [0.3, 0.4) is 0 Å². The Balaban J connectivity index is 1.55. The van der Waals surface area contributed by atoms with Gasteiger partial charge in [0, 0.05) is 55.6 Å². The van der Waals surface area contributed by atoms with Crippen molar-refractivity contribution < 1.29 is 9.59 Å². The summed E-state index contributed by atoms with van der Waals surface area (Å²) in [5.74, 6) is 0.621. The van der Waals surface area contributed by atoms with Crippen molar-refractivity contribution in [2.24, 2.45) is 5.73 Å². The van der Waals surface area contributed by atoms with Crippen LogP contribution in [0.1, 0.15) is 51.5 Å². The number of amides is 2. The normalized spacial score (nSPS) is 21.0. The van der Waals surface area contributed by atoms with E-state index in [2.05, 4.69) is 26.3 Å². The Bertz CT molecular complexity index is 1020. The van der Waals surface area contributed by atoms with Crippen LogP contribution in [-0.4, -0.2) is 41.0 Å². The van der Waals surface area contributed by atoms with Gasteiger partial charge in [-0.1, -0.05) is 6.42 Å². The molecule has 0 aromatic carbocycles. The average molecular weight is 452 g/mol. The fraction of sp³-hybridized carbons (Fsp3) is 0.458. The number of carbonyl (C=O) groups excluding carboxylic acids is 2. The van der Waals surface area contributed by atoms with Gasteiger partial charge in [0.1, 0.15) is 17.2 Å². The van der Waals surface area contributed by atoms with Gasteiger partial charge in [0.05, 0.1) is 0 Å². The van der Waals surface area contributed by atoms with E-state index in [1.165, 1.54) is 6.20 Å². The molecule has 3 heterocycles. The van der Waals surface area contributed by atoms with Crippen LogP contribution >= 0.6 is 0 Å². The zero-order chi connectivity index (χ0) is 23.4. The molecule has 9 nitrogen and oxygen atoms in total. The zero-order valence-corrected chi connectivity index (χ0v) is 19.3. The van der Waals surface area contributed by atoms with Gasteiger partial charge in [-0.15, -0.1) is 0 Å². The number of aromatic nitrogens is 1. The standard InChI is InChI=1S/C24H33N7O2/c1-16(22-23(33)30-24(31(22)15-32)6-4-3-5-7-24)19-12-18-14-28-21(13-20(18)29-17(19)2)27-11-10-26-9-8-25/h8-9,13-15,26,29H,3-7,10-12,25H2,1-2H3,(H,27,28)(H,30,33)/b9-8-,22-16-. The molecular weight excluding hydrogens is 418 g/mol. The number of nitrogens with one attached hydrogen (secondary N) is 4. The van der Waals surface area contributed by atoms with Crippen LogP contribution in [0, 0.1) is 0 Å². The molecule has 3 aliphatic rings. The third-order valence-corrected chi connectivity index (χ3v) is 6.78. The molecule has 2 amide bonds. The maximum Gasteiger partial charge on any atom is 0.270 e.